The van der Waals surface area contributed by atoms with E-state index in [1.54, 1.807) is 0 Å². The summed E-state index contributed by atoms with van der Waals surface area (Å²) in [5, 5.41) is 0. The van der Waals surface area contributed by atoms with Crippen LogP contribution in [0.3, 0.4) is 0 Å². The molecule has 98 valence electrons. The molecule has 16 heavy (non-hydrogen) atoms. The Kier molecular flexibility index (Phi) is 11.4. The van der Waals surface area contributed by atoms with Crippen LogP contribution in [-0.4, -0.2) is 24.0 Å². The van der Waals surface area contributed by atoms with E-state index in [0.29, 0.717) is 0 Å². The standard InChI is InChI=1S/C12H25N.C3H8/c1-3-8-12(9-4-2)13-10-6-5-7-11-13;1-3-2/h12H,3-11H2,1-2H3;3H2,1-2H3. The Morgan fingerprint density at radius 3 is 1.62 bits per heavy atom. The molecule has 1 aliphatic heterocycles. The predicted octanol–water partition coefficient (Wildman–Crippen LogP) is 4.86. The number of hydrogen-bond donors (Lipinski definition) is 0. The molecule has 0 unspecified atom stereocenters. The zero-order valence-electron chi connectivity index (χ0n) is 12.1. The van der Waals surface area contributed by atoms with Gasteiger partial charge in [0, 0.05) is 6.04 Å². The van der Waals surface area contributed by atoms with Gasteiger partial charge in [-0.1, -0.05) is 53.4 Å². The highest BCUT2D eigenvalue weighted by Crippen LogP contribution is 2.18. The normalized spacial score (nSPS) is 17.1. The highest BCUT2D eigenvalue weighted by Gasteiger charge is 2.18. The number of likely N-dealkylation sites (tertiary alicyclic amines) is 1. The van der Waals surface area contributed by atoms with Gasteiger partial charge in [-0.3, -0.25) is 0 Å². The van der Waals surface area contributed by atoms with Crippen molar-refractivity contribution in [2.24, 2.45) is 0 Å². The second-order valence-electron chi connectivity index (χ2n) is 5.03. The predicted molar refractivity (Wildman–Crippen MR) is 75.0 cm³/mol. The molecule has 0 N–H and O–H groups in total. The van der Waals surface area contributed by atoms with Crippen LogP contribution in [0, 0.1) is 0 Å². The molecule has 1 aliphatic rings. The van der Waals surface area contributed by atoms with Crippen LogP contribution in [0.1, 0.15) is 79.1 Å². The lowest BCUT2D eigenvalue weighted by Gasteiger charge is -2.34. The monoisotopic (exact) mass is 227 g/mol. The van der Waals surface area contributed by atoms with Gasteiger partial charge in [0.2, 0.25) is 0 Å². The van der Waals surface area contributed by atoms with E-state index in [2.05, 4.69) is 32.6 Å². The first-order valence-corrected chi connectivity index (χ1v) is 7.54. The third-order valence-corrected chi connectivity index (χ3v) is 3.15. The Bertz CT molecular complexity index is 121. The fourth-order valence-corrected chi connectivity index (χ4v) is 2.46. The topological polar surface area (TPSA) is 3.24 Å². The van der Waals surface area contributed by atoms with Gasteiger partial charge in [-0.2, -0.15) is 0 Å². The van der Waals surface area contributed by atoms with Crippen molar-refractivity contribution >= 4 is 0 Å². The van der Waals surface area contributed by atoms with Gasteiger partial charge in [0.25, 0.3) is 0 Å². The Labute approximate surface area is 104 Å². The second kappa shape index (κ2) is 11.4. The van der Waals surface area contributed by atoms with Gasteiger partial charge in [0.1, 0.15) is 0 Å². The van der Waals surface area contributed by atoms with Crippen LogP contribution in [-0.2, 0) is 0 Å². The minimum absolute atomic E-state index is 0.898. The van der Waals surface area contributed by atoms with Crippen molar-refractivity contribution in [3.8, 4) is 0 Å². The van der Waals surface area contributed by atoms with Crippen LogP contribution < -0.4 is 0 Å². The molecule has 0 saturated carbocycles. The molecule has 1 heteroatoms. The fourth-order valence-electron chi connectivity index (χ4n) is 2.46. The molecule has 0 aliphatic carbocycles. The van der Waals surface area contributed by atoms with E-state index in [0.717, 1.165) is 6.04 Å². The van der Waals surface area contributed by atoms with E-state index in [1.165, 1.54) is 64.5 Å². The Balaban J connectivity index is 0.000000673. The van der Waals surface area contributed by atoms with Gasteiger partial charge in [-0.05, 0) is 38.8 Å². The Morgan fingerprint density at radius 2 is 1.25 bits per heavy atom. The lowest BCUT2D eigenvalue weighted by atomic mass is 10.0. The Morgan fingerprint density at radius 1 is 0.812 bits per heavy atom. The maximum Gasteiger partial charge on any atom is 0.00950 e. The van der Waals surface area contributed by atoms with Crippen LogP contribution in [0.5, 0.6) is 0 Å². The van der Waals surface area contributed by atoms with E-state index >= 15 is 0 Å². The summed E-state index contributed by atoms with van der Waals surface area (Å²) in [6.45, 7) is 11.6. The van der Waals surface area contributed by atoms with Crippen LogP contribution in [0.4, 0.5) is 0 Å². The van der Waals surface area contributed by atoms with Crippen molar-refractivity contribution in [3.05, 3.63) is 0 Å². The van der Waals surface area contributed by atoms with Gasteiger partial charge >= 0.3 is 0 Å². The highest BCUT2D eigenvalue weighted by atomic mass is 15.2. The molecule has 0 aromatic carbocycles. The summed E-state index contributed by atoms with van der Waals surface area (Å²) in [5.41, 5.74) is 0. The largest absolute Gasteiger partial charge is 0.300 e. The van der Waals surface area contributed by atoms with Gasteiger partial charge in [0.15, 0.2) is 0 Å². The van der Waals surface area contributed by atoms with Crippen molar-refractivity contribution in [3.63, 3.8) is 0 Å². The molecular weight excluding hydrogens is 194 g/mol. The first-order valence-electron chi connectivity index (χ1n) is 7.54. The molecule has 1 nitrogen and oxygen atoms in total. The summed E-state index contributed by atoms with van der Waals surface area (Å²) in [4.78, 5) is 2.73. The van der Waals surface area contributed by atoms with E-state index in [-0.39, 0.29) is 0 Å². The molecule has 0 atom stereocenters. The molecule has 1 fully saturated rings. The summed E-state index contributed by atoms with van der Waals surface area (Å²) in [5.74, 6) is 0. The summed E-state index contributed by atoms with van der Waals surface area (Å²) in [7, 11) is 0. The molecule has 0 aromatic heterocycles. The molecule has 0 amide bonds. The molecule has 0 radical (unpaired) electrons. The van der Waals surface area contributed by atoms with Crippen molar-refractivity contribution in [1.82, 2.24) is 4.90 Å². The van der Waals surface area contributed by atoms with Gasteiger partial charge in [-0.15, -0.1) is 0 Å². The lowest BCUT2D eigenvalue weighted by Crippen LogP contribution is -2.39. The van der Waals surface area contributed by atoms with Crippen LogP contribution in [0.2, 0.25) is 0 Å². The zero-order chi connectivity index (χ0) is 12.2. The minimum atomic E-state index is 0.898. The van der Waals surface area contributed by atoms with Crippen LogP contribution in [0.25, 0.3) is 0 Å². The van der Waals surface area contributed by atoms with Gasteiger partial charge < -0.3 is 4.90 Å². The number of rotatable bonds is 5. The molecule has 1 heterocycles. The molecule has 0 bridgehead atoms. The number of nitrogens with zero attached hydrogens (tertiary/aromatic N) is 1. The van der Waals surface area contributed by atoms with Crippen LogP contribution in [0.15, 0.2) is 0 Å². The second-order valence-corrected chi connectivity index (χ2v) is 5.03. The van der Waals surface area contributed by atoms with Crippen LogP contribution >= 0.6 is 0 Å². The molecule has 0 aromatic rings. The first kappa shape index (κ1) is 16.0. The molecule has 0 spiro atoms. The summed E-state index contributed by atoms with van der Waals surface area (Å²) in [6.07, 6.45) is 11.1. The third-order valence-electron chi connectivity index (χ3n) is 3.15. The maximum absolute atomic E-state index is 2.73. The van der Waals surface area contributed by atoms with Gasteiger partial charge in [-0.25, -0.2) is 0 Å². The SMILES string of the molecule is CCC.CCCC(CCC)N1CCCCC1. The quantitative estimate of drug-likeness (QED) is 0.648. The minimum Gasteiger partial charge on any atom is -0.300 e. The average Bonchev–Trinajstić information content (AvgIpc) is 2.31. The van der Waals surface area contributed by atoms with Crippen molar-refractivity contribution in [1.29, 1.82) is 0 Å². The lowest BCUT2D eigenvalue weighted by molar-refractivity contribution is 0.146. The fraction of sp³-hybridized carbons (Fsp3) is 1.00. The van der Waals surface area contributed by atoms with Crippen molar-refractivity contribution in [2.75, 3.05) is 13.1 Å². The van der Waals surface area contributed by atoms with E-state index in [1.807, 2.05) is 0 Å². The summed E-state index contributed by atoms with van der Waals surface area (Å²) in [6, 6.07) is 0.898. The zero-order valence-corrected chi connectivity index (χ0v) is 12.1. The van der Waals surface area contributed by atoms with Gasteiger partial charge in [0.05, 0.1) is 0 Å². The molecule has 1 rings (SSSR count). The number of piperidine rings is 1. The first-order chi connectivity index (χ1) is 7.79. The smallest absolute Gasteiger partial charge is 0.00950 e. The summed E-state index contributed by atoms with van der Waals surface area (Å²) < 4.78 is 0. The summed E-state index contributed by atoms with van der Waals surface area (Å²) >= 11 is 0. The van der Waals surface area contributed by atoms with E-state index in [4.69, 9.17) is 0 Å². The molecule has 1 saturated heterocycles. The number of hydrogen-bond acceptors (Lipinski definition) is 1. The Hall–Kier alpha value is -0.0400. The average molecular weight is 227 g/mol. The highest BCUT2D eigenvalue weighted by molar-refractivity contribution is 4.74. The maximum atomic E-state index is 2.73. The third kappa shape index (κ3) is 7.27. The van der Waals surface area contributed by atoms with E-state index < -0.39 is 0 Å². The van der Waals surface area contributed by atoms with E-state index in [9.17, 15) is 0 Å². The van der Waals surface area contributed by atoms with Crippen molar-refractivity contribution in [2.45, 2.75) is 85.1 Å². The molecular formula is C15H33N. The van der Waals surface area contributed by atoms with Crippen molar-refractivity contribution < 1.29 is 0 Å².